The van der Waals surface area contributed by atoms with Crippen molar-refractivity contribution < 1.29 is 0 Å². The van der Waals surface area contributed by atoms with Crippen molar-refractivity contribution in [1.29, 1.82) is 0 Å². The first-order valence-corrected chi connectivity index (χ1v) is 35.9. The van der Waals surface area contributed by atoms with Gasteiger partial charge in [0, 0.05) is 103 Å². The van der Waals surface area contributed by atoms with E-state index in [1.807, 2.05) is 55.0 Å². The lowest BCUT2D eigenvalue weighted by atomic mass is 10.1. The van der Waals surface area contributed by atoms with Crippen molar-refractivity contribution in [1.82, 2.24) is 34.9 Å². The molecule has 0 saturated carbocycles. The van der Waals surface area contributed by atoms with E-state index < -0.39 is 0 Å². The molecule has 5 aromatic heterocycles. The molecule has 18 rings (SSSR count). The Morgan fingerprint density at radius 2 is 0.419 bits per heavy atom. The van der Waals surface area contributed by atoms with Crippen molar-refractivity contribution in [3.05, 3.63) is 320 Å². The van der Waals surface area contributed by atoms with E-state index in [1.54, 1.807) is 24.8 Å². The molecule has 10 heterocycles. The highest BCUT2D eigenvalue weighted by Gasteiger charge is 2.41. The molecule has 5 atom stereocenters. The number of pyridine rings is 3. The molecule has 105 heavy (non-hydrogen) atoms. The second-order valence-corrected chi connectivity index (χ2v) is 26.7. The molecule has 0 fully saturated rings. The van der Waals surface area contributed by atoms with E-state index >= 15 is 0 Å². The van der Waals surface area contributed by atoms with Gasteiger partial charge in [0.2, 0.25) is 0 Å². The number of benzene rings is 8. The summed E-state index contributed by atoms with van der Waals surface area (Å²) in [4.78, 5) is 54.6. The third-order valence-electron chi connectivity index (χ3n) is 20.3. The van der Waals surface area contributed by atoms with Gasteiger partial charge in [-0.15, -0.1) is 0 Å². The SMILES string of the molecule is Cc1ccccc1N1c2cccnc2N(C)C1C.Cc1ccccc1N1c2cccnc2N(c2ccccc2)C1C.Cc1ccccc1N1c2ncccc2N(c2ccccc2)C1C.Cc1ccccc1N1c2nccnc2N(C)C1C.Cc1ccccc1N1c2nccnc2N(c2ccccc2)C1C. The average molecular weight is 1380 g/mol. The largest absolute Gasteiger partial charge is 0.337 e. The summed E-state index contributed by atoms with van der Waals surface area (Å²) in [7, 11) is 4.14. The van der Waals surface area contributed by atoms with E-state index in [0.29, 0.717) is 0 Å². The van der Waals surface area contributed by atoms with Crippen LogP contribution in [0.2, 0.25) is 0 Å². The summed E-state index contributed by atoms with van der Waals surface area (Å²) in [6.07, 6.45) is 13.5. The Morgan fingerprint density at radius 3 is 0.838 bits per heavy atom. The number of hydrogen-bond acceptors (Lipinski definition) is 17. The van der Waals surface area contributed by atoms with E-state index in [2.05, 4.69) is 380 Å². The Balaban J connectivity index is 0.000000111. The number of fused-ring (bicyclic) bond motifs is 5. The molecule has 0 bridgehead atoms. The Labute approximate surface area is 617 Å². The smallest absolute Gasteiger partial charge is 0.178 e. The van der Waals surface area contributed by atoms with Crippen LogP contribution < -0.4 is 49.0 Å². The highest BCUT2D eigenvalue weighted by molar-refractivity contribution is 5.89. The molecule has 8 aromatic carbocycles. The standard InChI is InChI=1S/2C20H19N3.C19H18N4.C15H17N3.C14H16N4/c1-15-9-6-7-12-18(15)23-16(2)22(17-10-4-3-5-11-17)20-19(23)13-8-14-21-20;1-15-9-6-7-12-18(15)23-16(2)22(17-10-4-3-5-11-17)19-13-8-14-21-20(19)23;1-14-8-6-7-11-17(14)23-15(2)22(16-9-4-3-5-10-16)18-19(23)21-13-12-20-18;1-11-7-4-5-8-13(11)18-12(2)17(3)15-14(18)9-6-10-16-15;1-10-6-4-5-7-12(10)18-11(2)17(3)13-14(18)16-9-8-15-13/h2*3-14,16H,1-2H3;3-13,15H,1-2H3;4-10,12H,1-3H3;4-9,11H,1-3H3. The van der Waals surface area contributed by atoms with Gasteiger partial charge in [0.05, 0.1) is 17.1 Å². The maximum absolute atomic E-state index is 4.67. The molecule has 0 radical (unpaired) electrons. The lowest BCUT2D eigenvalue weighted by Gasteiger charge is -2.30. The average Bonchev–Trinajstić information content (AvgIpc) is 1.62. The van der Waals surface area contributed by atoms with Gasteiger partial charge in [-0.3, -0.25) is 0 Å². The van der Waals surface area contributed by atoms with Crippen LogP contribution in [0.1, 0.15) is 62.4 Å². The Bertz CT molecular complexity index is 4680. The van der Waals surface area contributed by atoms with E-state index in [-0.39, 0.29) is 30.8 Å². The Hall–Kier alpha value is -12.6. The topological polar surface area (TPSA) is 123 Å². The second kappa shape index (κ2) is 30.5. The fraction of sp³-hybridized carbons (Fsp3) is 0.193. The maximum Gasteiger partial charge on any atom is 0.178 e. The fourth-order valence-corrected chi connectivity index (χ4v) is 14.9. The van der Waals surface area contributed by atoms with E-state index in [0.717, 1.165) is 63.5 Å². The summed E-state index contributed by atoms with van der Waals surface area (Å²) >= 11 is 0. The fourth-order valence-electron chi connectivity index (χ4n) is 14.9. The molecule has 0 amide bonds. The molecule has 526 valence electrons. The van der Waals surface area contributed by atoms with Crippen LogP contribution in [-0.2, 0) is 0 Å². The zero-order valence-electron chi connectivity index (χ0n) is 61.7. The molecule has 5 aliphatic heterocycles. The van der Waals surface area contributed by atoms with Gasteiger partial charge in [-0.1, -0.05) is 146 Å². The maximum atomic E-state index is 4.67. The third kappa shape index (κ3) is 13.4. The molecule has 0 spiro atoms. The van der Waals surface area contributed by atoms with Crippen molar-refractivity contribution >= 4 is 103 Å². The van der Waals surface area contributed by atoms with Crippen molar-refractivity contribution in [3.63, 3.8) is 0 Å². The molecule has 17 heteroatoms. The van der Waals surface area contributed by atoms with Gasteiger partial charge in [0.25, 0.3) is 0 Å². The highest BCUT2D eigenvalue weighted by atomic mass is 15.5. The molecule has 0 N–H and O–H groups in total. The summed E-state index contributed by atoms with van der Waals surface area (Å²) in [6.45, 7) is 21.7. The van der Waals surface area contributed by atoms with Crippen molar-refractivity contribution in [2.45, 2.75) is 100 Å². The van der Waals surface area contributed by atoms with E-state index in [4.69, 9.17) is 0 Å². The molecule has 0 saturated heterocycles. The molecule has 0 aliphatic carbocycles. The minimum Gasteiger partial charge on any atom is -0.337 e. The molecule has 5 unspecified atom stereocenters. The molecule has 17 nitrogen and oxygen atoms in total. The zero-order valence-corrected chi connectivity index (χ0v) is 61.7. The second-order valence-electron chi connectivity index (χ2n) is 26.7. The summed E-state index contributed by atoms with van der Waals surface area (Å²) in [5.74, 6) is 6.74. The number of nitrogens with zero attached hydrogens (tertiary/aromatic N) is 17. The Morgan fingerprint density at radius 1 is 0.190 bits per heavy atom. The van der Waals surface area contributed by atoms with Gasteiger partial charge in [-0.25, -0.2) is 34.9 Å². The molecular formula is C88H89N17. The monoisotopic (exact) mass is 1380 g/mol. The van der Waals surface area contributed by atoms with Gasteiger partial charge < -0.3 is 49.0 Å². The summed E-state index contributed by atoms with van der Waals surface area (Å²) in [5, 5.41) is 0. The number of rotatable bonds is 8. The van der Waals surface area contributed by atoms with Crippen LogP contribution >= 0.6 is 0 Å². The van der Waals surface area contributed by atoms with E-state index in [9.17, 15) is 0 Å². The van der Waals surface area contributed by atoms with Crippen LogP contribution in [0, 0.1) is 34.6 Å². The third-order valence-corrected chi connectivity index (χ3v) is 20.3. The number of hydrogen-bond donors (Lipinski definition) is 0. The lowest BCUT2D eigenvalue weighted by Crippen LogP contribution is -2.36. The zero-order chi connectivity index (χ0) is 72.8. The van der Waals surface area contributed by atoms with E-state index in [1.165, 1.54) is 67.6 Å². The van der Waals surface area contributed by atoms with Gasteiger partial charge in [-0.05, 0) is 200 Å². The first kappa shape index (κ1) is 69.5. The number of anilines is 18. The first-order valence-electron chi connectivity index (χ1n) is 35.9. The normalized spacial score (nSPS) is 17.0. The van der Waals surface area contributed by atoms with Crippen LogP contribution in [0.5, 0.6) is 0 Å². The minimum absolute atomic E-state index is 0.107. The van der Waals surface area contributed by atoms with Crippen molar-refractivity contribution in [2.75, 3.05) is 63.1 Å². The van der Waals surface area contributed by atoms with Crippen molar-refractivity contribution in [2.24, 2.45) is 0 Å². The van der Waals surface area contributed by atoms with Crippen LogP contribution in [0.15, 0.2) is 292 Å². The minimum atomic E-state index is 0.107. The predicted octanol–water partition coefficient (Wildman–Crippen LogP) is 20.5. The van der Waals surface area contributed by atoms with Crippen LogP contribution in [0.3, 0.4) is 0 Å². The van der Waals surface area contributed by atoms with Crippen molar-refractivity contribution in [3.8, 4) is 0 Å². The number of aryl methyl sites for hydroxylation is 5. The molecular weight excluding hydrogens is 1300 g/mol. The first-order chi connectivity index (χ1) is 51.2. The summed E-state index contributed by atoms with van der Waals surface area (Å²) < 4.78 is 0. The van der Waals surface area contributed by atoms with Crippen LogP contribution in [0.4, 0.5) is 103 Å². The van der Waals surface area contributed by atoms with Crippen LogP contribution in [-0.4, -0.2) is 79.8 Å². The van der Waals surface area contributed by atoms with Gasteiger partial charge in [0.15, 0.2) is 40.7 Å². The quantitative estimate of drug-likeness (QED) is 0.143. The highest BCUT2D eigenvalue weighted by Crippen LogP contribution is 2.51. The van der Waals surface area contributed by atoms with Gasteiger partial charge in [0.1, 0.15) is 30.8 Å². The summed E-state index contributed by atoms with van der Waals surface area (Å²) in [5.41, 5.74) is 19.3. The predicted molar refractivity (Wildman–Crippen MR) is 433 cm³/mol. The summed E-state index contributed by atoms with van der Waals surface area (Å²) in [6, 6.07) is 86.0. The van der Waals surface area contributed by atoms with Gasteiger partial charge >= 0.3 is 0 Å². The number of aromatic nitrogens is 7. The molecule has 5 aliphatic rings. The lowest BCUT2D eigenvalue weighted by molar-refractivity contribution is 0.726. The molecule has 13 aromatic rings. The van der Waals surface area contributed by atoms with Crippen LogP contribution in [0.25, 0.3) is 0 Å². The van der Waals surface area contributed by atoms with Gasteiger partial charge in [-0.2, -0.15) is 0 Å². The number of para-hydroxylation sites is 8. The Kier molecular flexibility index (Phi) is 20.2.